The molecule has 19 heavy (non-hydrogen) atoms. The van der Waals surface area contributed by atoms with Gasteiger partial charge in [-0.3, -0.25) is 4.68 Å². The third kappa shape index (κ3) is 3.98. The molecule has 106 valence electrons. The average molecular weight is 264 g/mol. The fraction of sp³-hybridized carbons (Fsp3) is 0.714. The number of aromatic nitrogens is 2. The quantitative estimate of drug-likeness (QED) is 0.875. The van der Waals surface area contributed by atoms with E-state index in [1.54, 1.807) is 0 Å². The molecule has 1 heterocycles. The van der Waals surface area contributed by atoms with Gasteiger partial charge in [0.25, 0.3) is 0 Å². The van der Waals surface area contributed by atoms with Crippen LogP contribution in [0.4, 0.5) is 4.79 Å². The number of carbonyl (C=O) groups is 1. The number of nitrogens with one attached hydrogen (secondary N) is 2. The SMILES string of the molecule is CC(C)(C)NC(=O)NCCn1ncc2c1CCCC2. The minimum absolute atomic E-state index is 0.117. The highest BCUT2D eigenvalue weighted by molar-refractivity contribution is 5.74. The molecule has 0 atom stereocenters. The van der Waals surface area contributed by atoms with Gasteiger partial charge in [0.05, 0.1) is 12.7 Å². The number of rotatable bonds is 3. The molecule has 1 aliphatic carbocycles. The summed E-state index contributed by atoms with van der Waals surface area (Å²) in [6.45, 7) is 7.26. The molecular weight excluding hydrogens is 240 g/mol. The fourth-order valence-electron chi connectivity index (χ4n) is 2.41. The lowest BCUT2D eigenvalue weighted by Crippen LogP contribution is -2.47. The summed E-state index contributed by atoms with van der Waals surface area (Å²) < 4.78 is 2.03. The van der Waals surface area contributed by atoms with Crippen molar-refractivity contribution in [1.29, 1.82) is 0 Å². The first-order valence-electron chi connectivity index (χ1n) is 7.05. The first kappa shape index (κ1) is 13.9. The molecule has 0 unspecified atom stereocenters. The van der Waals surface area contributed by atoms with Gasteiger partial charge in [-0.1, -0.05) is 0 Å². The van der Waals surface area contributed by atoms with Crippen molar-refractivity contribution in [3.05, 3.63) is 17.5 Å². The lowest BCUT2D eigenvalue weighted by atomic mass is 9.98. The van der Waals surface area contributed by atoms with Crippen LogP contribution in [-0.2, 0) is 19.4 Å². The van der Waals surface area contributed by atoms with Crippen LogP contribution in [0.5, 0.6) is 0 Å². The zero-order chi connectivity index (χ0) is 13.9. The molecule has 1 aromatic heterocycles. The van der Waals surface area contributed by atoms with Gasteiger partial charge in [0.1, 0.15) is 0 Å². The summed E-state index contributed by atoms with van der Waals surface area (Å²) in [6, 6.07) is -0.117. The van der Waals surface area contributed by atoms with Gasteiger partial charge in [0.15, 0.2) is 0 Å². The van der Waals surface area contributed by atoms with Crippen molar-refractivity contribution in [3.63, 3.8) is 0 Å². The number of nitrogens with zero attached hydrogens (tertiary/aromatic N) is 2. The monoisotopic (exact) mass is 264 g/mol. The molecule has 0 spiro atoms. The van der Waals surface area contributed by atoms with Crippen molar-refractivity contribution in [2.45, 2.75) is 58.5 Å². The number of amides is 2. The molecule has 1 aromatic rings. The lowest BCUT2D eigenvalue weighted by molar-refractivity contribution is 0.231. The van der Waals surface area contributed by atoms with Crippen LogP contribution in [-0.4, -0.2) is 27.9 Å². The van der Waals surface area contributed by atoms with Crippen molar-refractivity contribution in [2.75, 3.05) is 6.54 Å². The maximum absolute atomic E-state index is 11.6. The van der Waals surface area contributed by atoms with E-state index < -0.39 is 0 Å². The van der Waals surface area contributed by atoms with Crippen LogP contribution in [0.1, 0.15) is 44.9 Å². The molecule has 2 rings (SSSR count). The third-order valence-electron chi connectivity index (χ3n) is 3.24. The van der Waals surface area contributed by atoms with Gasteiger partial charge in [-0.05, 0) is 52.0 Å². The molecule has 0 saturated heterocycles. The van der Waals surface area contributed by atoms with Crippen LogP contribution in [0.15, 0.2) is 6.20 Å². The lowest BCUT2D eigenvalue weighted by Gasteiger charge is -2.21. The summed E-state index contributed by atoms with van der Waals surface area (Å²) in [5, 5.41) is 10.2. The number of fused-ring (bicyclic) bond motifs is 1. The van der Waals surface area contributed by atoms with E-state index in [4.69, 9.17) is 0 Å². The van der Waals surface area contributed by atoms with E-state index in [1.165, 1.54) is 24.1 Å². The Morgan fingerprint density at radius 3 is 2.84 bits per heavy atom. The van der Waals surface area contributed by atoms with Crippen LogP contribution in [0, 0.1) is 0 Å². The molecule has 2 N–H and O–H groups in total. The summed E-state index contributed by atoms with van der Waals surface area (Å²) in [6.07, 6.45) is 6.75. The van der Waals surface area contributed by atoms with E-state index in [1.807, 2.05) is 31.6 Å². The van der Waals surface area contributed by atoms with Gasteiger partial charge in [-0.25, -0.2) is 4.79 Å². The molecule has 5 nitrogen and oxygen atoms in total. The van der Waals surface area contributed by atoms with Crippen LogP contribution in [0.2, 0.25) is 0 Å². The van der Waals surface area contributed by atoms with E-state index in [-0.39, 0.29) is 11.6 Å². The number of hydrogen-bond acceptors (Lipinski definition) is 2. The van der Waals surface area contributed by atoms with Gasteiger partial charge in [0.2, 0.25) is 0 Å². The number of carbonyl (C=O) groups excluding carboxylic acids is 1. The number of hydrogen-bond donors (Lipinski definition) is 2. The molecular formula is C14H24N4O. The standard InChI is InChI=1S/C14H24N4O/c1-14(2,3)17-13(19)15-8-9-18-12-7-5-4-6-11(12)10-16-18/h10H,4-9H2,1-3H3,(H2,15,17,19). The van der Waals surface area contributed by atoms with Crippen molar-refractivity contribution in [1.82, 2.24) is 20.4 Å². The van der Waals surface area contributed by atoms with Gasteiger partial charge in [-0.15, -0.1) is 0 Å². The molecule has 0 saturated carbocycles. The Kier molecular flexibility index (Phi) is 4.12. The summed E-state index contributed by atoms with van der Waals surface area (Å²) in [7, 11) is 0. The molecule has 0 radical (unpaired) electrons. The second-order valence-electron chi connectivity index (χ2n) is 6.18. The zero-order valence-electron chi connectivity index (χ0n) is 12.1. The first-order chi connectivity index (χ1) is 8.96. The predicted molar refractivity (Wildman–Crippen MR) is 75.2 cm³/mol. The maximum Gasteiger partial charge on any atom is 0.315 e. The van der Waals surface area contributed by atoms with Gasteiger partial charge in [-0.2, -0.15) is 5.10 Å². The Labute approximate surface area is 114 Å². The normalized spacial score (nSPS) is 14.9. The Morgan fingerprint density at radius 1 is 1.37 bits per heavy atom. The Hall–Kier alpha value is -1.52. The fourth-order valence-corrected chi connectivity index (χ4v) is 2.41. The average Bonchev–Trinajstić information content (AvgIpc) is 2.70. The Balaban J connectivity index is 1.80. The van der Waals surface area contributed by atoms with E-state index in [0.29, 0.717) is 6.54 Å². The molecule has 2 amide bonds. The molecule has 0 fully saturated rings. The van der Waals surface area contributed by atoms with Gasteiger partial charge >= 0.3 is 6.03 Å². The highest BCUT2D eigenvalue weighted by Crippen LogP contribution is 2.20. The van der Waals surface area contributed by atoms with Crippen LogP contribution < -0.4 is 10.6 Å². The summed E-state index contributed by atoms with van der Waals surface area (Å²) in [4.78, 5) is 11.6. The van der Waals surface area contributed by atoms with E-state index in [9.17, 15) is 4.79 Å². The Morgan fingerprint density at radius 2 is 2.11 bits per heavy atom. The number of aryl methyl sites for hydroxylation is 1. The van der Waals surface area contributed by atoms with Crippen molar-refractivity contribution < 1.29 is 4.79 Å². The van der Waals surface area contributed by atoms with Crippen LogP contribution in [0.25, 0.3) is 0 Å². The molecule has 1 aliphatic rings. The highest BCUT2D eigenvalue weighted by atomic mass is 16.2. The van der Waals surface area contributed by atoms with Crippen molar-refractivity contribution in [2.24, 2.45) is 0 Å². The topological polar surface area (TPSA) is 59.0 Å². The van der Waals surface area contributed by atoms with Crippen LogP contribution >= 0.6 is 0 Å². The molecule has 5 heteroatoms. The molecule has 0 bridgehead atoms. The molecule has 0 aromatic carbocycles. The summed E-state index contributed by atoms with van der Waals surface area (Å²) in [5.41, 5.74) is 2.53. The molecule has 0 aliphatic heterocycles. The third-order valence-corrected chi connectivity index (χ3v) is 3.24. The van der Waals surface area contributed by atoms with Crippen molar-refractivity contribution in [3.8, 4) is 0 Å². The first-order valence-corrected chi connectivity index (χ1v) is 7.05. The second kappa shape index (κ2) is 5.63. The zero-order valence-corrected chi connectivity index (χ0v) is 12.1. The van der Waals surface area contributed by atoms with Gasteiger partial charge < -0.3 is 10.6 Å². The minimum Gasteiger partial charge on any atom is -0.336 e. The van der Waals surface area contributed by atoms with E-state index >= 15 is 0 Å². The summed E-state index contributed by atoms with van der Waals surface area (Å²) in [5.74, 6) is 0. The smallest absolute Gasteiger partial charge is 0.315 e. The minimum atomic E-state index is -0.199. The maximum atomic E-state index is 11.6. The highest BCUT2D eigenvalue weighted by Gasteiger charge is 2.15. The van der Waals surface area contributed by atoms with E-state index in [0.717, 1.165) is 19.4 Å². The predicted octanol–water partition coefficient (Wildman–Crippen LogP) is 1.86. The van der Waals surface area contributed by atoms with Crippen molar-refractivity contribution >= 4 is 6.03 Å². The largest absolute Gasteiger partial charge is 0.336 e. The van der Waals surface area contributed by atoms with Crippen LogP contribution in [0.3, 0.4) is 0 Å². The van der Waals surface area contributed by atoms with Gasteiger partial charge in [0, 0.05) is 17.8 Å². The number of urea groups is 1. The van der Waals surface area contributed by atoms with E-state index in [2.05, 4.69) is 15.7 Å². The second-order valence-corrected chi connectivity index (χ2v) is 6.18. The summed E-state index contributed by atoms with van der Waals surface area (Å²) >= 11 is 0. The Bertz CT molecular complexity index is 445.